The van der Waals surface area contributed by atoms with Gasteiger partial charge in [-0.25, -0.2) is 0 Å². The summed E-state index contributed by atoms with van der Waals surface area (Å²) in [6.45, 7) is 7.11. The predicted octanol–water partition coefficient (Wildman–Crippen LogP) is 1.79. The Bertz CT molecular complexity index is 227. The van der Waals surface area contributed by atoms with E-state index in [-0.39, 0.29) is 6.04 Å². The molecule has 3 nitrogen and oxygen atoms in total. The molecule has 15 heavy (non-hydrogen) atoms. The van der Waals surface area contributed by atoms with Crippen molar-refractivity contribution < 1.29 is 4.74 Å². The SMILES string of the molecule is CC(C)NC(C#N)CSC1CCOC1C. The Morgan fingerprint density at radius 2 is 2.33 bits per heavy atom. The number of nitrogens with one attached hydrogen (secondary N) is 1. The van der Waals surface area contributed by atoms with Crippen LogP contribution in [0.1, 0.15) is 27.2 Å². The minimum absolute atomic E-state index is 0.0391. The summed E-state index contributed by atoms with van der Waals surface area (Å²) in [6, 6.07) is 2.63. The van der Waals surface area contributed by atoms with E-state index in [9.17, 15) is 0 Å². The highest BCUT2D eigenvalue weighted by Crippen LogP contribution is 2.26. The Morgan fingerprint density at radius 3 is 2.80 bits per heavy atom. The zero-order valence-corrected chi connectivity index (χ0v) is 10.5. The highest BCUT2D eigenvalue weighted by molar-refractivity contribution is 8.00. The van der Waals surface area contributed by atoms with Crippen molar-refractivity contribution in [2.75, 3.05) is 12.4 Å². The first-order chi connectivity index (χ1) is 7.13. The first-order valence-electron chi connectivity index (χ1n) is 5.52. The number of nitrogens with zero attached hydrogens (tertiary/aromatic N) is 1. The second-order valence-corrected chi connectivity index (χ2v) is 5.51. The maximum absolute atomic E-state index is 8.96. The van der Waals surface area contributed by atoms with Crippen molar-refractivity contribution in [3.05, 3.63) is 0 Å². The van der Waals surface area contributed by atoms with Crippen LogP contribution in [0.25, 0.3) is 0 Å². The van der Waals surface area contributed by atoms with E-state index in [1.165, 1.54) is 0 Å². The van der Waals surface area contributed by atoms with E-state index in [1.54, 1.807) is 0 Å². The summed E-state index contributed by atoms with van der Waals surface area (Å²) < 4.78 is 5.49. The fourth-order valence-corrected chi connectivity index (χ4v) is 2.90. The Kier molecular flexibility index (Phi) is 5.44. The molecule has 1 aliphatic heterocycles. The molecule has 0 bridgehead atoms. The quantitative estimate of drug-likeness (QED) is 0.779. The van der Waals surface area contributed by atoms with Crippen molar-refractivity contribution in [3.8, 4) is 6.07 Å². The first-order valence-corrected chi connectivity index (χ1v) is 6.57. The number of hydrogen-bond donors (Lipinski definition) is 1. The highest BCUT2D eigenvalue weighted by Gasteiger charge is 2.25. The average Bonchev–Trinajstić information content (AvgIpc) is 2.58. The lowest BCUT2D eigenvalue weighted by atomic mass is 10.3. The lowest BCUT2D eigenvalue weighted by Crippen LogP contribution is -2.36. The van der Waals surface area contributed by atoms with Crippen LogP contribution < -0.4 is 5.32 Å². The number of nitriles is 1. The third kappa shape index (κ3) is 4.42. The Hall–Kier alpha value is -0.240. The Morgan fingerprint density at radius 1 is 1.60 bits per heavy atom. The Labute approximate surface area is 96.6 Å². The van der Waals surface area contributed by atoms with E-state index in [0.29, 0.717) is 17.4 Å². The van der Waals surface area contributed by atoms with Crippen LogP contribution in [0.3, 0.4) is 0 Å². The molecule has 0 amide bonds. The maximum Gasteiger partial charge on any atom is 0.105 e. The first kappa shape index (κ1) is 12.8. The van der Waals surface area contributed by atoms with E-state index in [4.69, 9.17) is 10.00 Å². The summed E-state index contributed by atoms with van der Waals surface area (Å²) in [5.74, 6) is 0.854. The van der Waals surface area contributed by atoms with Crippen molar-refractivity contribution in [1.29, 1.82) is 5.26 Å². The largest absolute Gasteiger partial charge is 0.377 e. The zero-order chi connectivity index (χ0) is 11.3. The predicted molar refractivity (Wildman–Crippen MR) is 63.9 cm³/mol. The van der Waals surface area contributed by atoms with Crippen molar-refractivity contribution >= 4 is 11.8 Å². The minimum atomic E-state index is -0.0391. The molecule has 0 aliphatic carbocycles. The molecular formula is C11H20N2OS. The van der Waals surface area contributed by atoms with Gasteiger partial charge in [-0.2, -0.15) is 17.0 Å². The smallest absolute Gasteiger partial charge is 0.105 e. The van der Waals surface area contributed by atoms with Gasteiger partial charge in [0.1, 0.15) is 6.04 Å². The van der Waals surface area contributed by atoms with Crippen molar-refractivity contribution in [1.82, 2.24) is 5.32 Å². The summed E-state index contributed by atoms with van der Waals surface area (Å²) in [7, 11) is 0. The average molecular weight is 228 g/mol. The molecule has 86 valence electrons. The van der Waals surface area contributed by atoms with Gasteiger partial charge in [0.15, 0.2) is 0 Å². The van der Waals surface area contributed by atoms with Crippen LogP contribution >= 0.6 is 11.8 Å². The summed E-state index contributed by atoms with van der Waals surface area (Å²) in [6.07, 6.45) is 1.46. The van der Waals surface area contributed by atoms with Gasteiger partial charge >= 0.3 is 0 Å². The van der Waals surface area contributed by atoms with Gasteiger partial charge in [-0.15, -0.1) is 0 Å². The molecule has 0 spiro atoms. The van der Waals surface area contributed by atoms with Gasteiger partial charge in [-0.1, -0.05) is 0 Å². The topological polar surface area (TPSA) is 45.0 Å². The van der Waals surface area contributed by atoms with Gasteiger partial charge in [-0.05, 0) is 27.2 Å². The van der Waals surface area contributed by atoms with Crippen molar-refractivity contribution in [2.45, 2.75) is 50.6 Å². The molecule has 0 radical (unpaired) electrons. The zero-order valence-electron chi connectivity index (χ0n) is 9.69. The van der Waals surface area contributed by atoms with Gasteiger partial charge in [-0.3, -0.25) is 5.32 Å². The van der Waals surface area contributed by atoms with Gasteiger partial charge in [0.2, 0.25) is 0 Å². The van der Waals surface area contributed by atoms with Gasteiger partial charge in [0.25, 0.3) is 0 Å². The standard InChI is InChI=1S/C11H20N2OS/c1-8(2)13-10(6-12)7-15-11-4-5-14-9(11)3/h8-11,13H,4-5,7H2,1-3H3. The second kappa shape index (κ2) is 6.37. The second-order valence-electron chi connectivity index (χ2n) is 4.24. The van der Waals surface area contributed by atoms with Gasteiger partial charge in [0, 0.05) is 23.7 Å². The molecule has 1 aliphatic rings. The molecule has 1 heterocycles. The fourth-order valence-electron chi connectivity index (χ4n) is 1.68. The highest BCUT2D eigenvalue weighted by atomic mass is 32.2. The molecule has 0 aromatic rings. The van der Waals surface area contributed by atoms with Crippen LogP contribution in [0, 0.1) is 11.3 Å². The normalized spacial score (nSPS) is 27.9. The molecule has 3 unspecified atom stereocenters. The number of ether oxygens (including phenoxy) is 1. The van der Waals surface area contributed by atoms with Crippen LogP contribution in [0.15, 0.2) is 0 Å². The van der Waals surface area contributed by atoms with E-state index in [2.05, 4.69) is 32.2 Å². The van der Waals surface area contributed by atoms with Gasteiger partial charge in [0.05, 0.1) is 12.2 Å². The van der Waals surface area contributed by atoms with E-state index < -0.39 is 0 Å². The molecule has 1 saturated heterocycles. The minimum Gasteiger partial charge on any atom is -0.377 e. The van der Waals surface area contributed by atoms with E-state index >= 15 is 0 Å². The monoisotopic (exact) mass is 228 g/mol. The molecule has 3 atom stereocenters. The summed E-state index contributed by atoms with van der Waals surface area (Å²) in [5, 5.41) is 12.8. The molecule has 1 fully saturated rings. The fraction of sp³-hybridized carbons (Fsp3) is 0.909. The van der Waals surface area contributed by atoms with E-state index in [0.717, 1.165) is 18.8 Å². The molecule has 0 saturated carbocycles. The maximum atomic E-state index is 8.96. The van der Waals surface area contributed by atoms with Crippen LogP contribution in [0.5, 0.6) is 0 Å². The third-order valence-corrected chi connectivity index (χ3v) is 4.05. The summed E-state index contributed by atoms with van der Waals surface area (Å²) in [4.78, 5) is 0. The van der Waals surface area contributed by atoms with Crippen molar-refractivity contribution in [2.24, 2.45) is 0 Å². The number of rotatable bonds is 5. The summed E-state index contributed by atoms with van der Waals surface area (Å²) >= 11 is 1.86. The van der Waals surface area contributed by atoms with E-state index in [1.807, 2.05) is 11.8 Å². The Balaban J connectivity index is 2.25. The number of thioether (sulfide) groups is 1. The van der Waals surface area contributed by atoms with Crippen LogP contribution in [-0.2, 0) is 4.74 Å². The lowest BCUT2D eigenvalue weighted by Gasteiger charge is -2.18. The van der Waals surface area contributed by atoms with Crippen LogP contribution in [0.4, 0.5) is 0 Å². The molecule has 0 aromatic carbocycles. The third-order valence-electron chi connectivity index (χ3n) is 2.47. The van der Waals surface area contributed by atoms with Crippen molar-refractivity contribution in [3.63, 3.8) is 0 Å². The van der Waals surface area contributed by atoms with Crippen LogP contribution in [-0.4, -0.2) is 35.8 Å². The summed E-state index contributed by atoms with van der Waals surface area (Å²) in [5.41, 5.74) is 0. The van der Waals surface area contributed by atoms with Crippen LogP contribution in [0.2, 0.25) is 0 Å². The number of hydrogen-bond acceptors (Lipinski definition) is 4. The molecule has 0 aromatic heterocycles. The molecule has 4 heteroatoms. The molecular weight excluding hydrogens is 208 g/mol. The van der Waals surface area contributed by atoms with Gasteiger partial charge < -0.3 is 4.74 Å². The molecule has 1 rings (SSSR count). The lowest BCUT2D eigenvalue weighted by molar-refractivity contribution is 0.127. The molecule has 1 N–H and O–H groups in total.